The number of aromatic carboxylic acids is 1. The van der Waals surface area contributed by atoms with E-state index in [1.807, 2.05) is 18.2 Å². The highest BCUT2D eigenvalue weighted by Crippen LogP contribution is 2.17. The molecule has 2 N–H and O–H groups in total. The molecular formula is C16H12N4O2. The van der Waals surface area contributed by atoms with Crippen molar-refractivity contribution in [3.63, 3.8) is 0 Å². The molecule has 3 rings (SSSR count). The molecule has 0 radical (unpaired) electrons. The average Bonchev–Trinajstić information content (AvgIpc) is 2.56. The summed E-state index contributed by atoms with van der Waals surface area (Å²) in [4.78, 5) is 23.6. The highest BCUT2D eigenvalue weighted by atomic mass is 16.4. The molecule has 108 valence electrons. The van der Waals surface area contributed by atoms with Gasteiger partial charge in [0.15, 0.2) is 0 Å². The number of rotatable bonds is 4. The summed E-state index contributed by atoms with van der Waals surface area (Å²) >= 11 is 0. The van der Waals surface area contributed by atoms with Crippen molar-refractivity contribution in [2.75, 3.05) is 5.32 Å². The van der Waals surface area contributed by atoms with Crippen LogP contribution in [0.25, 0.3) is 11.3 Å². The summed E-state index contributed by atoms with van der Waals surface area (Å²) in [6, 6.07) is 12.1. The lowest BCUT2D eigenvalue weighted by molar-refractivity contribution is 0.0697. The van der Waals surface area contributed by atoms with Crippen LogP contribution in [0.1, 0.15) is 10.4 Å². The Balaban J connectivity index is 1.79. The number of nitrogens with one attached hydrogen (secondary N) is 1. The highest BCUT2D eigenvalue weighted by molar-refractivity contribution is 5.89. The van der Waals surface area contributed by atoms with Crippen LogP contribution in [0.5, 0.6) is 0 Å². The summed E-state index contributed by atoms with van der Waals surface area (Å²) in [5.41, 5.74) is 2.42. The predicted octanol–water partition coefficient (Wildman–Crippen LogP) is 2.98. The zero-order valence-electron chi connectivity index (χ0n) is 11.5. The Hall–Kier alpha value is -3.28. The van der Waals surface area contributed by atoms with Crippen LogP contribution < -0.4 is 5.32 Å². The maximum Gasteiger partial charge on any atom is 0.335 e. The lowest BCUT2D eigenvalue weighted by atomic mass is 10.2. The molecule has 6 heteroatoms. The number of aromatic nitrogens is 3. The van der Waals surface area contributed by atoms with Gasteiger partial charge in [-0.3, -0.25) is 4.98 Å². The predicted molar refractivity (Wildman–Crippen MR) is 81.9 cm³/mol. The Morgan fingerprint density at radius 1 is 1.00 bits per heavy atom. The average molecular weight is 292 g/mol. The lowest BCUT2D eigenvalue weighted by Gasteiger charge is -2.06. The SMILES string of the molecule is O=C(O)c1cccc(Nc2ncc(-c3ccccn3)cn2)c1. The summed E-state index contributed by atoms with van der Waals surface area (Å²) in [6.07, 6.45) is 5.04. The molecule has 0 aliphatic rings. The molecule has 0 unspecified atom stereocenters. The molecule has 0 aliphatic heterocycles. The zero-order valence-corrected chi connectivity index (χ0v) is 11.5. The van der Waals surface area contributed by atoms with Crippen molar-refractivity contribution in [1.29, 1.82) is 0 Å². The third kappa shape index (κ3) is 3.06. The van der Waals surface area contributed by atoms with Crippen molar-refractivity contribution in [2.24, 2.45) is 0 Å². The van der Waals surface area contributed by atoms with Gasteiger partial charge >= 0.3 is 5.97 Å². The van der Waals surface area contributed by atoms with E-state index in [-0.39, 0.29) is 5.56 Å². The largest absolute Gasteiger partial charge is 0.478 e. The number of anilines is 2. The van der Waals surface area contributed by atoms with E-state index in [1.165, 1.54) is 12.1 Å². The van der Waals surface area contributed by atoms with Gasteiger partial charge in [0.25, 0.3) is 0 Å². The summed E-state index contributed by atoms with van der Waals surface area (Å²) in [6.45, 7) is 0. The molecule has 0 aliphatic carbocycles. The van der Waals surface area contributed by atoms with Crippen molar-refractivity contribution >= 4 is 17.6 Å². The van der Waals surface area contributed by atoms with Crippen LogP contribution in [-0.2, 0) is 0 Å². The number of pyridine rings is 1. The number of hydrogen-bond acceptors (Lipinski definition) is 5. The van der Waals surface area contributed by atoms with Gasteiger partial charge in [0, 0.05) is 29.8 Å². The monoisotopic (exact) mass is 292 g/mol. The number of benzene rings is 1. The standard InChI is InChI=1S/C16H12N4O2/c21-15(22)11-4-3-5-13(8-11)20-16-18-9-12(10-19-16)14-6-1-2-7-17-14/h1-10H,(H,21,22)(H,18,19,20). The van der Waals surface area contributed by atoms with Crippen LogP contribution in [0.4, 0.5) is 11.6 Å². The second-order valence-corrected chi connectivity index (χ2v) is 4.52. The van der Waals surface area contributed by atoms with E-state index in [0.717, 1.165) is 11.3 Å². The molecule has 2 heterocycles. The fourth-order valence-electron chi connectivity index (χ4n) is 1.92. The van der Waals surface area contributed by atoms with Crippen LogP contribution in [0, 0.1) is 0 Å². The van der Waals surface area contributed by atoms with Gasteiger partial charge in [-0.05, 0) is 30.3 Å². The normalized spacial score (nSPS) is 10.2. The van der Waals surface area contributed by atoms with Gasteiger partial charge in [0.1, 0.15) is 0 Å². The Kier molecular flexibility index (Phi) is 3.74. The summed E-state index contributed by atoms with van der Waals surface area (Å²) in [7, 11) is 0. The minimum atomic E-state index is -0.977. The molecule has 0 atom stereocenters. The molecule has 2 aromatic heterocycles. The van der Waals surface area contributed by atoms with Crippen LogP contribution in [0.2, 0.25) is 0 Å². The Morgan fingerprint density at radius 2 is 1.82 bits per heavy atom. The Morgan fingerprint density at radius 3 is 2.50 bits per heavy atom. The van der Waals surface area contributed by atoms with Crippen molar-refractivity contribution in [2.45, 2.75) is 0 Å². The van der Waals surface area contributed by atoms with Gasteiger partial charge < -0.3 is 10.4 Å². The number of hydrogen-bond donors (Lipinski definition) is 2. The molecule has 0 saturated carbocycles. The van der Waals surface area contributed by atoms with E-state index in [9.17, 15) is 4.79 Å². The summed E-state index contributed by atoms with van der Waals surface area (Å²) in [5, 5.41) is 11.9. The van der Waals surface area contributed by atoms with Crippen LogP contribution in [-0.4, -0.2) is 26.0 Å². The Labute approximate surface area is 126 Å². The Bertz CT molecular complexity index is 789. The first-order valence-electron chi connectivity index (χ1n) is 6.56. The fourth-order valence-corrected chi connectivity index (χ4v) is 1.92. The van der Waals surface area contributed by atoms with Gasteiger partial charge in [-0.2, -0.15) is 0 Å². The lowest BCUT2D eigenvalue weighted by Crippen LogP contribution is -2.00. The summed E-state index contributed by atoms with van der Waals surface area (Å²) in [5.74, 6) is -0.586. The molecule has 6 nitrogen and oxygen atoms in total. The van der Waals surface area contributed by atoms with Crippen molar-refractivity contribution in [3.05, 3.63) is 66.6 Å². The molecule has 3 aromatic rings. The van der Waals surface area contributed by atoms with Crippen molar-refractivity contribution < 1.29 is 9.90 Å². The molecule has 0 bridgehead atoms. The number of carboxylic acids is 1. The number of carboxylic acid groups (broad SMARTS) is 1. The zero-order chi connectivity index (χ0) is 15.4. The number of nitrogens with zero attached hydrogens (tertiary/aromatic N) is 3. The first-order valence-corrected chi connectivity index (χ1v) is 6.56. The van der Waals surface area contributed by atoms with Gasteiger partial charge in [0.2, 0.25) is 5.95 Å². The fraction of sp³-hybridized carbons (Fsp3) is 0. The van der Waals surface area contributed by atoms with E-state index in [0.29, 0.717) is 11.6 Å². The first kappa shape index (κ1) is 13.7. The van der Waals surface area contributed by atoms with E-state index in [2.05, 4.69) is 20.3 Å². The molecule has 0 spiro atoms. The summed E-state index contributed by atoms with van der Waals surface area (Å²) < 4.78 is 0. The quantitative estimate of drug-likeness (QED) is 0.768. The van der Waals surface area contributed by atoms with E-state index in [4.69, 9.17) is 5.11 Å². The first-order chi connectivity index (χ1) is 10.7. The van der Waals surface area contributed by atoms with Gasteiger partial charge in [-0.15, -0.1) is 0 Å². The topological polar surface area (TPSA) is 88.0 Å². The second-order valence-electron chi connectivity index (χ2n) is 4.52. The van der Waals surface area contributed by atoms with E-state index < -0.39 is 5.97 Å². The smallest absolute Gasteiger partial charge is 0.335 e. The third-order valence-corrected chi connectivity index (χ3v) is 2.98. The molecule has 1 aromatic carbocycles. The maximum absolute atomic E-state index is 10.9. The molecular weight excluding hydrogens is 280 g/mol. The van der Waals surface area contributed by atoms with Crippen molar-refractivity contribution in [3.8, 4) is 11.3 Å². The van der Waals surface area contributed by atoms with Gasteiger partial charge in [0.05, 0.1) is 11.3 Å². The van der Waals surface area contributed by atoms with E-state index in [1.54, 1.807) is 30.7 Å². The van der Waals surface area contributed by atoms with Crippen LogP contribution in [0.3, 0.4) is 0 Å². The van der Waals surface area contributed by atoms with Gasteiger partial charge in [-0.1, -0.05) is 12.1 Å². The molecule has 0 saturated heterocycles. The molecule has 0 fully saturated rings. The minimum absolute atomic E-state index is 0.204. The van der Waals surface area contributed by atoms with Crippen LogP contribution >= 0.6 is 0 Å². The van der Waals surface area contributed by atoms with E-state index >= 15 is 0 Å². The minimum Gasteiger partial charge on any atom is -0.478 e. The maximum atomic E-state index is 10.9. The van der Waals surface area contributed by atoms with Crippen molar-refractivity contribution in [1.82, 2.24) is 15.0 Å². The third-order valence-electron chi connectivity index (χ3n) is 2.98. The number of carbonyl (C=O) groups is 1. The van der Waals surface area contributed by atoms with Gasteiger partial charge in [-0.25, -0.2) is 14.8 Å². The second kappa shape index (κ2) is 6.01. The molecule has 0 amide bonds. The van der Waals surface area contributed by atoms with Crippen LogP contribution in [0.15, 0.2) is 61.1 Å². The highest BCUT2D eigenvalue weighted by Gasteiger charge is 2.05. The molecule has 22 heavy (non-hydrogen) atoms.